The van der Waals surface area contributed by atoms with Crippen molar-refractivity contribution in [2.45, 2.75) is 26.7 Å². The molecular weight excluding hydrogens is 729 g/mol. The van der Waals surface area contributed by atoms with Gasteiger partial charge in [-0.2, -0.15) is 0 Å². The van der Waals surface area contributed by atoms with Crippen LogP contribution in [0.5, 0.6) is 23.0 Å². The van der Waals surface area contributed by atoms with Crippen LogP contribution in [0, 0.1) is 0 Å². The molecule has 0 aliphatic rings. The second kappa shape index (κ2) is 21.3. The van der Waals surface area contributed by atoms with Crippen molar-refractivity contribution in [3.05, 3.63) is 181 Å². The third kappa shape index (κ3) is 12.5. The normalized spacial score (nSPS) is 11.3. The number of rotatable bonds is 19. The Bertz CT molecular complexity index is 2110. The number of ether oxygens (including phenoxy) is 6. The molecule has 0 bridgehead atoms. The molecule has 0 aliphatic heterocycles. The van der Waals surface area contributed by atoms with Gasteiger partial charge in [-0.25, -0.2) is 9.59 Å². The van der Waals surface area contributed by atoms with Gasteiger partial charge in [-0.15, -0.1) is 0 Å². The van der Waals surface area contributed by atoms with Crippen molar-refractivity contribution in [2.75, 3.05) is 26.4 Å². The monoisotopic (exact) mass is 774 g/mol. The number of esters is 2. The van der Waals surface area contributed by atoms with E-state index in [1.54, 1.807) is 13.8 Å². The fourth-order valence-electron chi connectivity index (χ4n) is 5.71. The zero-order valence-corrected chi connectivity index (χ0v) is 32.7. The van der Waals surface area contributed by atoms with E-state index in [9.17, 15) is 9.59 Å². The molecule has 0 saturated heterocycles. The maximum atomic E-state index is 12.4. The lowest BCUT2D eigenvalue weighted by Gasteiger charge is -2.10. The maximum absolute atomic E-state index is 12.4. The highest BCUT2D eigenvalue weighted by atomic mass is 16.5. The van der Waals surface area contributed by atoms with E-state index in [2.05, 4.69) is 0 Å². The van der Waals surface area contributed by atoms with Crippen LogP contribution in [-0.2, 0) is 19.1 Å². The molecule has 6 aromatic rings. The highest BCUT2D eigenvalue weighted by Gasteiger charge is 2.09. The Morgan fingerprint density at radius 1 is 0.397 bits per heavy atom. The van der Waals surface area contributed by atoms with Gasteiger partial charge in [0, 0.05) is 12.8 Å². The van der Waals surface area contributed by atoms with Crippen molar-refractivity contribution in [3.63, 3.8) is 0 Å². The van der Waals surface area contributed by atoms with Crippen LogP contribution in [-0.4, -0.2) is 38.4 Å². The number of carbonyl (C=O) groups excluding carboxylic acids is 2. The molecule has 0 N–H and O–H groups in total. The summed E-state index contributed by atoms with van der Waals surface area (Å²) in [4.78, 5) is 24.9. The molecule has 8 heteroatoms. The number of carbonyl (C=O) groups is 2. The molecule has 0 spiro atoms. The molecule has 0 fully saturated rings. The second-order valence-corrected chi connectivity index (χ2v) is 13.3. The van der Waals surface area contributed by atoms with Crippen molar-refractivity contribution in [1.82, 2.24) is 0 Å². The zero-order chi connectivity index (χ0) is 40.4. The Labute approximate surface area is 339 Å². The largest absolute Gasteiger partial charge is 0.493 e. The lowest BCUT2D eigenvalue weighted by Crippen LogP contribution is -2.10. The molecule has 58 heavy (non-hydrogen) atoms. The van der Waals surface area contributed by atoms with Crippen LogP contribution in [0.25, 0.3) is 33.4 Å². The predicted molar refractivity (Wildman–Crippen MR) is 227 cm³/mol. The first-order valence-electron chi connectivity index (χ1n) is 19.2. The second-order valence-electron chi connectivity index (χ2n) is 13.3. The molecular formula is C50H46O8. The Morgan fingerprint density at radius 2 is 0.759 bits per heavy atom. The van der Waals surface area contributed by atoms with Gasteiger partial charge in [0.25, 0.3) is 0 Å². The van der Waals surface area contributed by atoms with E-state index in [1.165, 1.54) is 12.5 Å². The van der Waals surface area contributed by atoms with Gasteiger partial charge in [0.15, 0.2) is 0 Å². The number of hydrogen-bond acceptors (Lipinski definition) is 8. The quantitative estimate of drug-likeness (QED) is 0.0348. The molecule has 294 valence electrons. The average molecular weight is 775 g/mol. The molecule has 6 aromatic carbocycles. The number of hydrogen-bond donors (Lipinski definition) is 0. The van der Waals surface area contributed by atoms with Gasteiger partial charge in [0.1, 0.15) is 35.5 Å². The van der Waals surface area contributed by atoms with E-state index in [-0.39, 0.29) is 13.2 Å². The Kier molecular flexibility index (Phi) is 14.9. The van der Waals surface area contributed by atoms with Crippen LogP contribution in [0.3, 0.4) is 0 Å². The van der Waals surface area contributed by atoms with Gasteiger partial charge in [-0.3, -0.25) is 0 Å². The summed E-state index contributed by atoms with van der Waals surface area (Å²) in [6, 6.07) is 51.1. The summed E-state index contributed by atoms with van der Waals surface area (Å²) >= 11 is 0. The van der Waals surface area contributed by atoms with Gasteiger partial charge in [0.2, 0.25) is 0 Å². The SMILES string of the molecule is CC(=COc1cccc(-c2ccccc2)c1)C(=O)OCCCOc1ccc(-c2ccc(OCCCOC(=O)C(C)=COc3cccc(-c4ccccc4)c3)cc2)cc1. The van der Waals surface area contributed by atoms with Crippen LogP contribution in [0.15, 0.2) is 181 Å². The van der Waals surface area contributed by atoms with Gasteiger partial charge < -0.3 is 28.4 Å². The van der Waals surface area contributed by atoms with Crippen molar-refractivity contribution < 1.29 is 38.0 Å². The first-order valence-corrected chi connectivity index (χ1v) is 19.2. The van der Waals surface area contributed by atoms with E-state index in [1.807, 2.05) is 158 Å². The van der Waals surface area contributed by atoms with Crippen LogP contribution in [0.2, 0.25) is 0 Å². The predicted octanol–water partition coefficient (Wildman–Crippen LogP) is 11.3. The Balaban J connectivity index is 0.838. The van der Waals surface area contributed by atoms with Crippen LogP contribution >= 0.6 is 0 Å². The van der Waals surface area contributed by atoms with Gasteiger partial charge in [-0.05, 0) is 95.8 Å². The molecule has 0 atom stereocenters. The molecule has 0 amide bonds. The molecule has 0 aromatic heterocycles. The minimum atomic E-state index is -0.437. The standard InChI is InChI=1S/C50H46O8/c1-37(35-57-47-19-9-17-43(33-47)39-13-5-3-6-14-39)49(51)55-31-11-29-53-45-25-21-41(22-26-45)42-23-27-46(28-24-42)54-30-12-32-56-50(52)38(2)36-58-48-20-10-18-44(34-48)40-15-7-4-8-16-40/h3-10,13-28,33-36H,11-12,29-32H2,1-2H3. The minimum absolute atomic E-state index is 0.226. The topological polar surface area (TPSA) is 89.5 Å². The van der Waals surface area contributed by atoms with Crippen LogP contribution < -0.4 is 18.9 Å². The summed E-state index contributed by atoms with van der Waals surface area (Å²) < 4.78 is 34.0. The minimum Gasteiger partial charge on any atom is -0.493 e. The Hall–Kier alpha value is -7.06. The smallest absolute Gasteiger partial charge is 0.336 e. The van der Waals surface area contributed by atoms with E-state index in [4.69, 9.17) is 28.4 Å². The van der Waals surface area contributed by atoms with Crippen molar-refractivity contribution in [2.24, 2.45) is 0 Å². The molecule has 0 aliphatic carbocycles. The fourth-order valence-corrected chi connectivity index (χ4v) is 5.71. The van der Waals surface area contributed by atoms with E-state index in [0.29, 0.717) is 48.7 Å². The summed E-state index contributed by atoms with van der Waals surface area (Å²) in [7, 11) is 0. The molecule has 8 nitrogen and oxygen atoms in total. The van der Waals surface area contributed by atoms with Crippen LogP contribution in [0.1, 0.15) is 26.7 Å². The fraction of sp³-hybridized carbons (Fsp3) is 0.160. The van der Waals surface area contributed by atoms with Gasteiger partial charge >= 0.3 is 11.9 Å². The Morgan fingerprint density at radius 3 is 1.16 bits per heavy atom. The van der Waals surface area contributed by atoms with E-state index in [0.717, 1.165) is 44.9 Å². The molecule has 0 saturated carbocycles. The highest BCUT2D eigenvalue weighted by Crippen LogP contribution is 2.27. The number of benzene rings is 6. The lowest BCUT2D eigenvalue weighted by atomic mass is 10.1. The van der Waals surface area contributed by atoms with Crippen molar-refractivity contribution >= 4 is 11.9 Å². The lowest BCUT2D eigenvalue weighted by molar-refractivity contribution is -0.140. The first kappa shape index (κ1) is 40.6. The van der Waals surface area contributed by atoms with Gasteiger partial charge in [0.05, 0.1) is 37.6 Å². The first-order chi connectivity index (χ1) is 28.4. The maximum Gasteiger partial charge on any atom is 0.336 e. The van der Waals surface area contributed by atoms with Crippen molar-refractivity contribution in [3.8, 4) is 56.4 Å². The van der Waals surface area contributed by atoms with E-state index >= 15 is 0 Å². The van der Waals surface area contributed by atoms with Crippen molar-refractivity contribution in [1.29, 1.82) is 0 Å². The summed E-state index contributed by atoms with van der Waals surface area (Å²) in [5, 5.41) is 0. The van der Waals surface area contributed by atoms with Gasteiger partial charge in [-0.1, -0.05) is 109 Å². The molecule has 0 radical (unpaired) electrons. The molecule has 0 unspecified atom stereocenters. The summed E-state index contributed by atoms with van der Waals surface area (Å²) in [5.74, 6) is 1.85. The average Bonchev–Trinajstić information content (AvgIpc) is 3.28. The third-order valence-corrected chi connectivity index (χ3v) is 8.89. The van der Waals surface area contributed by atoms with Crippen LogP contribution in [0.4, 0.5) is 0 Å². The van der Waals surface area contributed by atoms with E-state index < -0.39 is 11.9 Å². The third-order valence-electron chi connectivity index (χ3n) is 8.89. The highest BCUT2D eigenvalue weighted by molar-refractivity contribution is 5.88. The molecule has 6 rings (SSSR count). The summed E-state index contributed by atoms with van der Waals surface area (Å²) in [6.07, 6.45) is 3.92. The summed E-state index contributed by atoms with van der Waals surface area (Å²) in [6.45, 7) is 4.58. The summed E-state index contributed by atoms with van der Waals surface area (Å²) in [5.41, 5.74) is 7.04. The zero-order valence-electron chi connectivity index (χ0n) is 32.7. The molecule has 0 heterocycles.